The quantitative estimate of drug-likeness (QED) is 0.935. The van der Waals surface area contributed by atoms with Gasteiger partial charge in [-0.3, -0.25) is 4.68 Å². The molecule has 1 aromatic carbocycles. The van der Waals surface area contributed by atoms with E-state index in [1.807, 2.05) is 14.0 Å². The first kappa shape index (κ1) is 14.7. The summed E-state index contributed by atoms with van der Waals surface area (Å²) in [5.41, 5.74) is 2.99. The molecule has 1 aromatic heterocycles. The summed E-state index contributed by atoms with van der Waals surface area (Å²) in [6.45, 7) is 2.49. The minimum absolute atomic E-state index is 0.483. The predicted octanol–water partition coefficient (Wildman–Crippen LogP) is 3.77. The van der Waals surface area contributed by atoms with Crippen LogP contribution in [0.2, 0.25) is 10.0 Å². The Morgan fingerprint density at radius 2 is 2.15 bits per heavy atom. The van der Waals surface area contributed by atoms with Gasteiger partial charge in [-0.2, -0.15) is 10.4 Å². The molecule has 1 N–H and O–H groups in total. The molecule has 2 rings (SSSR count). The van der Waals surface area contributed by atoms with Gasteiger partial charge in [0.15, 0.2) is 0 Å². The maximum atomic E-state index is 9.08. The third-order valence-electron chi connectivity index (χ3n) is 3.05. The van der Waals surface area contributed by atoms with Crippen molar-refractivity contribution in [1.29, 1.82) is 5.26 Å². The van der Waals surface area contributed by atoms with Gasteiger partial charge in [0, 0.05) is 12.1 Å². The van der Waals surface area contributed by atoms with Crippen molar-refractivity contribution in [2.75, 3.05) is 5.32 Å². The Kier molecular flexibility index (Phi) is 4.53. The Morgan fingerprint density at radius 1 is 1.40 bits per heavy atom. The van der Waals surface area contributed by atoms with Crippen molar-refractivity contribution in [2.45, 2.75) is 19.9 Å². The lowest BCUT2D eigenvalue weighted by atomic mass is 10.2. The fourth-order valence-electron chi connectivity index (χ4n) is 1.95. The highest BCUT2D eigenvalue weighted by atomic mass is 35.5. The second-order valence-electron chi connectivity index (χ2n) is 4.34. The second-order valence-corrected chi connectivity index (χ2v) is 5.15. The van der Waals surface area contributed by atoms with Crippen molar-refractivity contribution >= 4 is 28.9 Å². The van der Waals surface area contributed by atoms with Crippen LogP contribution in [0.1, 0.15) is 23.9 Å². The second kappa shape index (κ2) is 6.17. The van der Waals surface area contributed by atoms with Gasteiger partial charge in [-0.05, 0) is 24.6 Å². The molecule has 104 valence electrons. The zero-order chi connectivity index (χ0) is 14.7. The third kappa shape index (κ3) is 2.90. The number of hydrogen-bond donors (Lipinski definition) is 1. The average molecular weight is 309 g/mol. The number of nitrogens with one attached hydrogen (secondary N) is 1. The molecule has 0 spiro atoms. The van der Waals surface area contributed by atoms with Crippen LogP contribution in [0.4, 0.5) is 5.69 Å². The van der Waals surface area contributed by atoms with Gasteiger partial charge < -0.3 is 5.32 Å². The summed E-state index contributed by atoms with van der Waals surface area (Å²) in [5.74, 6) is 0. The summed E-state index contributed by atoms with van der Waals surface area (Å²) >= 11 is 12.2. The highest BCUT2D eigenvalue weighted by molar-refractivity contribution is 6.32. The lowest BCUT2D eigenvalue weighted by Gasteiger charge is -2.09. The lowest BCUT2D eigenvalue weighted by Crippen LogP contribution is -2.07. The van der Waals surface area contributed by atoms with E-state index in [0.717, 1.165) is 17.8 Å². The molecule has 0 aliphatic carbocycles. The molecule has 0 fully saturated rings. The van der Waals surface area contributed by atoms with E-state index < -0.39 is 0 Å². The van der Waals surface area contributed by atoms with Gasteiger partial charge in [-0.1, -0.05) is 30.1 Å². The summed E-state index contributed by atoms with van der Waals surface area (Å²) in [6, 6.07) is 7.23. The minimum atomic E-state index is 0.483. The van der Waals surface area contributed by atoms with Crippen LogP contribution < -0.4 is 5.32 Å². The van der Waals surface area contributed by atoms with E-state index in [1.165, 1.54) is 0 Å². The van der Waals surface area contributed by atoms with Gasteiger partial charge in [0.25, 0.3) is 0 Å². The standard InChI is InChI=1S/C14H14Cl2N4/c1-3-11-14(16)13(20(2)19-11)8-18-12-6-10(15)5-4-9(12)7-17/h4-6,18H,3,8H2,1-2H3. The van der Waals surface area contributed by atoms with Gasteiger partial charge in [0.2, 0.25) is 0 Å². The first-order valence-electron chi connectivity index (χ1n) is 6.20. The van der Waals surface area contributed by atoms with E-state index >= 15 is 0 Å². The molecule has 0 radical (unpaired) electrons. The number of aromatic nitrogens is 2. The van der Waals surface area contributed by atoms with Crippen molar-refractivity contribution in [3.8, 4) is 6.07 Å². The van der Waals surface area contributed by atoms with Crippen LogP contribution in [-0.4, -0.2) is 9.78 Å². The Labute approximate surface area is 127 Å². The molecule has 6 heteroatoms. The number of benzene rings is 1. The molecule has 0 aliphatic heterocycles. The normalized spacial score (nSPS) is 10.3. The molecule has 0 saturated heterocycles. The van der Waals surface area contributed by atoms with E-state index in [0.29, 0.717) is 27.8 Å². The predicted molar refractivity (Wildman–Crippen MR) is 81.1 cm³/mol. The maximum Gasteiger partial charge on any atom is 0.101 e. The number of aryl methyl sites for hydroxylation is 2. The zero-order valence-electron chi connectivity index (χ0n) is 11.2. The molecule has 0 unspecified atom stereocenters. The number of rotatable bonds is 4. The Balaban J connectivity index is 2.23. The first-order valence-corrected chi connectivity index (χ1v) is 6.96. The van der Waals surface area contributed by atoms with Crippen LogP contribution in [-0.2, 0) is 20.0 Å². The molecule has 4 nitrogen and oxygen atoms in total. The van der Waals surface area contributed by atoms with Crippen LogP contribution in [0.15, 0.2) is 18.2 Å². The third-order valence-corrected chi connectivity index (χ3v) is 3.72. The smallest absolute Gasteiger partial charge is 0.101 e. The molecule has 0 aliphatic rings. The Morgan fingerprint density at radius 3 is 2.75 bits per heavy atom. The molecule has 0 saturated carbocycles. The fourth-order valence-corrected chi connectivity index (χ4v) is 2.48. The van der Waals surface area contributed by atoms with Crippen molar-refractivity contribution in [2.24, 2.45) is 7.05 Å². The van der Waals surface area contributed by atoms with Crippen molar-refractivity contribution in [3.63, 3.8) is 0 Å². The van der Waals surface area contributed by atoms with Gasteiger partial charge in [0.05, 0.1) is 34.2 Å². The van der Waals surface area contributed by atoms with E-state index in [9.17, 15) is 0 Å². The number of nitrogens with zero attached hydrogens (tertiary/aromatic N) is 3. The average Bonchev–Trinajstić information content (AvgIpc) is 2.71. The maximum absolute atomic E-state index is 9.08. The van der Waals surface area contributed by atoms with Gasteiger partial charge in [-0.25, -0.2) is 0 Å². The minimum Gasteiger partial charge on any atom is -0.378 e. The van der Waals surface area contributed by atoms with E-state index in [-0.39, 0.29) is 0 Å². The molecular weight excluding hydrogens is 295 g/mol. The summed E-state index contributed by atoms with van der Waals surface area (Å²) in [7, 11) is 1.85. The van der Waals surface area contributed by atoms with Crippen molar-refractivity contribution in [1.82, 2.24) is 9.78 Å². The number of nitriles is 1. The van der Waals surface area contributed by atoms with Crippen LogP contribution in [0, 0.1) is 11.3 Å². The lowest BCUT2D eigenvalue weighted by molar-refractivity contribution is 0.707. The molecule has 0 amide bonds. The topological polar surface area (TPSA) is 53.6 Å². The van der Waals surface area contributed by atoms with Crippen molar-refractivity contribution in [3.05, 3.63) is 45.2 Å². The Hall–Kier alpha value is -1.70. The van der Waals surface area contributed by atoms with Crippen LogP contribution >= 0.6 is 23.2 Å². The molecular formula is C14H14Cl2N4. The highest BCUT2D eigenvalue weighted by Gasteiger charge is 2.13. The summed E-state index contributed by atoms with van der Waals surface area (Å²) in [5, 5.41) is 17.9. The molecule has 0 bridgehead atoms. The molecule has 1 heterocycles. The SMILES string of the molecule is CCc1nn(C)c(CNc2cc(Cl)ccc2C#N)c1Cl. The highest BCUT2D eigenvalue weighted by Crippen LogP contribution is 2.24. The first-order chi connectivity index (χ1) is 9.56. The summed E-state index contributed by atoms with van der Waals surface area (Å²) < 4.78 is 1.75. The van der Waals surface area contributed by atoms with Gasteiger partial charge >= 0.3 is 0 Å². The number of anilines is 1. The monoisotopic (exact) mass is 308 g/mol. The van der Waals surface area contributed by atoms with Crippen LogP contribution in [0.5, 0.6) is 0 Å². The largest absolute Gasteiger partial charge is 0.378 e. The van der Waals surface area contributed by atoms with Gasteiger partial charge in [0.1, 0.15) is 6.07 Å². The number of hydrogen-bond acceptors (Lipinski definition) is 3. The molecule has 0 atom stereocenters. The van der Waals surface area contributed by atoms with Gasteiger partial charge in [-0.15, -0.1) is 0 Å². The fraction of sp³-hybridized carbons (Fsp3) is 0.286. The van der Waals surface area contributed by atoms with E-state index in [4.69, 9.17) is 28.5 Å². The van der Waals surface area contributed by atoms with Crippen LogP contribution in [0.25, 0.3) is 0 Å². The van der Waals surface area contributed by atoms with Crippen molar-refractivity contribution < 1.29 is 0 Å². The molecule has 20 heavy (non-hydrogen) atoms. The number of halogens is 2. The van der Waals surface area contributed by atoms with E-state index in [2.05, 4.69) is 16.5 Å². The molecule has 2 aromatic rings. The Bertz CT molecular complexity index is 671. The summed E-state index contributed by atoms with van der Waals surface area (Å²) in [6.07, 6.45) is 0.785. The van der Waals surface area contributed by atoms with E-state index in [1.54, 1.807) is 22.9 Å². The summed E-state index contributed by atoms with van der Waals surface area (Å²) in [4.78, 5) is 0. The zero-order valence-corrected chi connectivity index (χ0v) is 12.8. The van der Waals surface area contributed by atoms with Crippen LogP contribution in [0.3, 0.4) is 0 Å².